The fourth-order valence-electron chi connectivity index (χ4n) is 1.07. The fraction of sp³-hybridized carbons (Fsp3) is 0.100. The lowest BCUT2D eigenvalue weighted by Crippen LogP contribution is -1.90. The first-order valence-electron chi connectivity index (χ1n) is 3.66. The molecule has 0 bridgehead atoms. The Labute approximate surface area is 71.2 Å². The number of allylic oxidation sites excluding steroid dienone is 1. The van der Waals surface area contributed by atoms with E-state index in [4.69, 9.17) is 0 Å². The molecule has 0 aliphatic rings. The summed E-state index contributed by atoms with van der Waals surface area (Å²) in [5.74, 6) is 0.152. The Bertz CT molecular complexity index is 303. The number of hydrogen-bond acceptors (Lipinski definition) is 2. The average Bonchev–Trinajstić information content (AvgIpc) is 2.09. The van der Waals surface area contributed by atoms with Crippen LogP contribution in [0.2, 0.25) is 0 Å². The molecule has 1 N–H and O–H groups in total. The van der Waals surface area contributed by atoms with Crippen LogP contribution in [0.15, 0.2) is 30.9 Å². The molecule has 0 spiro atoms. The normalized spacial score (nSPS) is 9.33. The number of rotatable bonds is 3. The van der Waals surface area contributed by atoms with Crippen LogP contribution in [0.25, 0.3) is 0 Å². The second-order valence-electron chi connectivity index (χ2n) is 2.46. The predicted molar refractivity (Wildman–Crippen MR) is 47.4 cm³/mol. The molecule has 62 valence electrons. The minimum Gasteiger partial charge on any atom is -0.508 e. The van der Waals surface area contributed by atoms with Gasteiger partial charge in [-0.15, -0.1) is 6.58 Å². The molecule has 1 aromatic carbocycles. The van der Waals surface area contributed by atoms with E-state index in [1.165, 1.54) is 0 Å². The van der Waals surface area contributed by atoms with Crippen molar-refractivity contribution in [2.24, 2.45) is 0 Å². The van der Waals surface area contributed by atoms with Crippen molar-refractivity contribution in [3.63, 3.8) is 0 Å². The summed E-state index contributed by atoms with van der Waals surface area (Å²) in [5.41, 5.74) is 1.16. The number of hydrogen-bond donors (Lipinski definition) is 1. The van der Waals surface area contributed by atoms with Crippen molar-refractivity contribution in [3.05, 3.63) is 42.0 Å². The summed E-state index contributed by atoms with van der Waals surface area (Å²) in [7, 11) is 0. The van der Waals surface area contributed by atoms with E-state index >= 15 is 0 Å². The number of carbonyl (C=O) groups is 1. The van der Waals surface area contributed by atoms with E-state index in [1.807, 2.05) is 0 Å². The van der Waals surface area contributed by atoms with Crippen LogP contribution in [0.4, 0.5) is 0 Å². The Hall–Kier alpha value is -1.57. The zero-order valence-corrected chi connectivity index (χ0v) is 6.66. The van der Waals surface area contributed by atoms with Gasteiger partial charge in [0.25, 0.3) is 0 Å². The third-order valence-electron chi connectivity index (χ3n) is 1.66. The Balaban J connectivity index is 3.18. The van der Waals surface area contributed by atoms with Gasteiger partial charge in [-0.1, -0.05) is 18.2 Å². The minimum absolute atomic E-state index is 0.152. The number of aldehydes is 1. The van der Waals surface area contributed by atoms with Crippen LogP contribution in [0, 0.1) is 0 Å². The maximum atomic E-state index is 10.5. The van der Waals surface area contributed by atoms with Crippen LogP contribution < -0.4 is 0 Å². The highest BCUT2D eigenvalue weighted by atomic mass is 16.3. The molecule has 0 saturated carbocycles. The van der Waals surface area contributed by atoms with Gasteiger partial charge in [0, 0.05) is 11.1 Å². The van der Waals surface area contributed by atoms with Crippen molar-refractivity contribution in [1.82, 2.24) is 0 Å². The van der Waals surface area contributed by atoms with Gasteiger partial charge >= 0.3 is 0 Å². The second kappa shape index (κ2) is 3.72. The monoisotopic (exact) mass is 162 g/mol. The van der Waals surface area contributed by atoms with Crippen LogP contribution in [0.5, 0.6) is 5.75 Å². The molecular formula is C10H10O2. The van der Waals surface area contributed by atoms with E-state index in [0.29, 0.717) is 17.5 Å². The lowest BCUT2D eigenvalue weighted by Gasteiger charge is -2.03. The van der Waals surface area contributed by atoms with Gasteiger partial charge in [0.05, 0.1) is 0 Å². The second-order valence-corrected chi connectivity index (χ2v) is 2.46. The molecule has 0 heterocycles. The van der Waals surface area contributed by atoms with E-state index in [-0.39, 0.29) is 5.75 Å². The highest BCUT2D eigenvalue weighted by Gasteiger charge is 2.03. The molecule has 0 aliphatic heterocycles. The smallest absolute Gasteiger partial charge is 0.150 e. The van der Waals surface area contributed by atoms with Gasteiger partial charge in [0.15, 0.2) is 0 Å². The highest BCUT2D eigenvalue weighted by Crippen LogP contribution is 2.20. The number of phenolic OH excluding ortho intramolecular Hbond substituents is 1. The summed E-state index contributed by atoms with van der Waals surface area (Å²) >= 11 is 0. The summed E-state index contributed by atoms with van der Waals surface area (Å²) < 4.78 is 0. The van der Waals surface area contributed by atoms with Crippen molar-refractivity contribution >= 4 is 6.29 Å². The molecule has 2 heteroatoms. The van der Waals surface area contributed by atoms with E-state index < -0.39 is 0 Å². The van der Waals surface area contributed by atoms with Gasteiger partial charge < -0.3 is 5.11 Å². The Morgan fingerprint density at radius 3 is 2.83 bits per heavy atom. The van der Waals surface area contributed by atoms with Crippen molar-refractivity contribution in [3.8, 4) is 5.75 Å². The van der Waals surface area contributed by atoms with E-state index in [2.05, 4.69) is 6.58 Å². The lowest BCUT2D eigenvalue weighted by molar-refractivity contribution is 0.112. The third-order valence-corrected chi connectivity index (χ3v) is 1.66. The van der Waals surface area contributed by atoms with Crippen LogP contribution in [0.3, 0.4) is 0 Å². The Morgan fingerprint density at radius 2 is 2.25 bits per heavy atom. The maximum Gasteiger partial charge on any atom is 0.150 e. The number of aromatic hydroxyl groups is 1. The van der Waals surface area contributed by atoms with Crippen molar-refractivity contribution in [2.75, 3.05) is 0 Å². The van der Waals surface area contributed by atoms with E-state index in [1.54, 1.807) is 24.3 Å². The van der Waals surface area contributed by atoms with E-state index in [0.717, 1.165) is 6.29 Å². The van der Waals surface area contributed by atoms with Gasteiger partial charge in [0.1, 0.15) is 12.0 Å². The fourth-order valence-corrected chi connectivity index (χ4v) is 1.07. The van der Waals surface area contributed by atoms with E-state index in [9.17, 15) is 9.90 Å². The Kier molecular flexibility index (Phi) is 2.64. The molecule has 0 atom stereocenters. The van der Waals surface area contributed by atoms with Crippen LogP contribution >= 0.6 is 0 Å². The predicted octanol–water partition coefficient (Wildman–Crippen LogP) is 1.93. The topological polar surface area (TPSA) is 37.3 Å². The molecule has 0 unspecified atom stereocenters. The molecule has 1 rings (SSSR count). The molecule has 0 aromatic heterocycles. The summed E-state index contributed by atoms with van der Waals surface area (Å²) in [6.45, 7) is 3.55. The van der Waals surface area contributed by atoms with Gasteiger partial charge in [-0.25, -0.2) is 0 Å². The van der Waals surface area contributed by atoms with Gasteiger partial charge in [-0.2, -0.15) is 0 Å². The number of carbonyl (C=O) groups excluding carboxylic acids is 1. The first kappa shape index (κ1) is 8.53. The van der Waals surface area contributed by atoms with Crippen molar-refractivity contribution in [1.29, 1.82) is 0 Å². The molecule has 2 nitrogen and oxygen atoms in total. The molecule has 0 radical (unpaired) electrons. The molecule has 1 aromatic rings. The molecular weight excluding hydrogens is 152 g/mol. The first-order chi connectivity index (χ1) is 5.79. The van der Waals surface area contributed by atoms with Gasteiger partial charge in [0.2, 0.25) is 0 Å². The Morgan fingerprint density at radius 1 is 1.50 bits per heavy atom. The summed E-state index contributed by atoms with van der Waals surface area (Å²) in [6, 6.07) is 4.88. The summed E-state index contributed by atoms with van der Waals surface area (Å²) in [6.07, 6.45) is 2.90. The number of phenols is 1. The zero-order chi connectivity index (χ0) is 8.97. The van der Waals surface area contributed by atoms with Gasteiger partial charge in [-0.3, -0.25) is 4.79 Å². The highest BCUT2D eigenvalue weighted by molar-refractivity contribution is 5.78. The summed E-state index contributed by atoms with van der Waals surface area (Å²) in [4.78, 5) is 10.5. The zero-order valence-electron chi connectivity index (χ0n) is 6.66. The third kappa shape index (κ3) is 1.53. The lowest BCUT2D eigenvalue weighted by atomic mass is 10.0. The van der Waals surface area contributed by atoms with Crippen LogP contribution in [-0.4, -0.2) is 11.4 Å². The maximum absolute atomic E-state index is 10.5. The molecule has 0 saturated heterocycles. The number of benzene rings is 1. The standard InChI is InChI=1S/C10H10O2/c1-2-4-9-8(7-11)5-3-6-10(9)12/h2-3,5-7,12H,1,4H2. The quantitative estimate of drug-likeness (QED) is 0.544. The first-order valence-corrected chi connectivity index (χ1v) is 3.66. The molecule has 0 amide bonds. The summed E-state index contributed by atoms with van der Waals surface area (Å²) in [5, 5.41) is 9.35. The minimum atomic E-state index is 0.152. The van der Waals surface area contributed by atoms with Crippen LogP contribution in [-0.2, 0) is 6.42 Å². The molecule has 12 heavy (non-hydrogen) atoms. The van der Waals surface area contributed by atoms with Crippen LogP contribution in [0.1, 0.15) is 15.9 Å². The SMILES string of the molecule is C=CCc1c(O)cccc1C=O. The molecule has 0 aliphatic carbocycles. The average molecular weight is 162 g/mol. The van der Waals surface area contributed by atoms with Gasteiger partial charge in [-0.05, 0) is 12.5 Å². The largest absolute Gasteiger partial charge is 0.508 e. The van der Waals surface area contributed by atoms with Crippen molar-refractivity contribution in [2.45, 2.75) is 6.42 Å². The van der Waals surface area contributed by atoms with Crippen molar-refractivity contribution < 1.29 is 9.90 Å². The molecule has 0 fully saturated rings.